The molecule has 1 aromatic heterocycles. The smallest absolute Gasteiger partial charge is 0.242 e. The average Bonchev–Trinajstić information content (AvgIpc) is 2.39. The number of carbonyl (C=O) groups is 1. The molecule has 0 saturated heterocycles. The first kappa shape index (κ1) is 15.6. The van der Waals surface area contributed by atoms with Gasteiger partial charge in [-0.25, -0.2) is 13.1 Å². The molecular formula is C12H19N3O3S. The predicted octanol–water partition coefficient (Wildman–Crippen LogP) is 0.665. The van der Waals surface area contributed by atoms with E-state index in [9.17, 15) is 13.2 Å². The zero-order chi connectivity index (χ0) is 14.3. The van der Waals surface area contributed by atoms with Crippen molar-refractivity contribution in [2.75, 3.05) is 6.54 Å². The van der Waals surface area contributed by atoms with Gasteiger partial charge in [0, 0.05) is 31.4 Å². The molecule has 106 valence electrons. The van der Waals surface area contributed by atoms with Crippen LogP contribution in [0.1, 0.15) is 26.7 Å². The molecule has 1 heterocycles. The van der Waals surface area contributed by atoms with Crippen molar-refractivity contribution in [3.63, 3.8) is 0 Å². The van der Waals surface area contributed by atoms with Gasteiger partial charge >= 0.3 is 0 Å². The van der Waals surface area contributed by atoms with Crippen molar-refractivity contribution >= 4 is 15.9 Å². The van der Waals surface area contributed by atoms with Crippen LogP contribution in [0.15, 0.2) is 29.4 Å². The van der Waals surface area contributed by atoms with Gasteiger partial charge in [0.05, 0.1) is 0 Å². The molecule has 6 nitrogen and oxygen atoms in total. The molecule has 0 aliphatic rings. The van der Waals surface area contributed by atoms with Gasteiger partial charge in [0.25, 0.3) is 0 Å². The lowest BCUT2D eigenvalue weighted by Crippen LogP contribution is -2.35. The van der Waals surface area contributed by atoms with Crippen LogP contribution in [0.2, 0.25) is 0 Å². The maximum absolute atomic E-state index is 11.8. The first-order valence-corrected chi connectivity index (χ1v) is 7.63. The molecule has 7 heteroatoms. The number of pyridine rings is 1. The third-order valence-corrected chi connectivity index (χ3v) is 4.05. The normalized spacial score (nSPS) is 12.9. The second-order valence-corrected chi connectivity index (χ2v) is 5.98. The van der Waals surface area contributed by atoms with Gasteiger partial charge < -0.3 is 5.32 Å². The van der Waals surface area contributed by atoms with Crippen LogP contribution in [0, 0.1) is 0 Å². The molecule has 0 spiro atoms. The summed E-state index contributed by atoms with van der Waals surface area (Å²) in [6.07, 6.45) is 3.72. The van der Waals surface area contributed by atoms with Crippen LogP contribution in [-0.4, -0.2) is 31.9 Å². The fourth-order valence-electron chi connectivity index (χ4n) is 1.34. The lowest BCUT2D eigenvalue weighted by atomic mass is 10.2. The largest absolute Gasteiger partial charge is 0.354 e. The molecule has 0 radical (unpaired) electrons. The minimum absolute atomic E-state index is 0.0689. The van der Waals surface area contributed by atoms with Gasteiger partial charge in [-0.05, 0) is 25.5 Å². The number of sulfonamides is 1. The Balaban J connectivity index is 2.43. The maximum atomic E-state index is 11.8. The standard InChI is InChI=1S/C12H19N3O3S/c1-3-10(2)15-12(16)6-8-14-19(17,18)11-5-4-7-13-9-11/h4-5,7,9-10,14H,3,6,8H2,1-2H3,(H,15,16)/t10-/m0/s1. The van der Waals surface area contributed by atoms with Crippen molar-refractivity contribution in [3.8, 4) is 0 Å². The monoisotopic (exact) mass is 285 g/mol. The minimum atomic E-state index is -3.58. The molecule has 1 amide bonds. The Morgan fingerprint density at radius 3 is 2.79 bits per heavy atom. The summed E-state index contributed by atoms with van der Waals surface area (Å²) in [4.78, 5) is 15.3. The molecule has 0 fully saturated rings. The first-order valence-electron chi connectivity index (χ1n) is 6.14. The molecule has 19 heavy (non-hydrogen) atoms. The summed E-state index contributed by atoms with van der Waals surface area (Å²) in [6, 6.07) is 3.10. The Morgan fingerprint density at radius 2 is 2.21 bits per heavy atom. The zero-order valence-electron chi connectivity index (χ0n) is 11.1. The summed E-state index contributed by atoms with van der Waals surface area (Å²) < 4.78 is 26.0. The van der Waals surface area contributed by atoms with E-state index in [1.165, 1.54) is 18.5 Å². The lowest BCUT2D eigenvalue weighted by molar-refractivity contribution is -0.121. The molecule has 0 saturated carbocycles. The van der Waals surface area contributed by atoms with Crippen molar-refractivity contribution in [1.82, 2.24) is 15.0 Å². The topological polar surface area (TPSA) is 88.2 Å². The number of nitrogens with one attached hydrogen (secondary N) is 2. The Bertz CT molecular complexity index is 502. The van der Waals surface area contributed by atoms with E-state index in [0.29, 0.717) is 0 Å². The number of hydrogen-bond donors (Lipinski definition) is 2. The molecule has 0 unspecified atom stereocenters. The molecule has 1 atom stereocenters. The number of hydrogen-bond acceptors (Lipinski definition) is 4. The van der Waals surface area contributed by atoms with Crippen LogP contribution in [0.4, 0.5) is 0 Å². The fraction of sp³-hybridized carbons (Fsp3) is 0.500. The highest BCUT2D eigenvalue weighted by atomic mass is 32.2. The van der Waals surface area contributed by atoms with Gasteiger partial charge in [0.2, 0.25) is 15.9 Å². The third kappa shape index (κ3) is 5.35. The summed E-state index contributed by atoms with van der Waals surface area (Å²) in [6.45, 7) is 3.94. The van der Waals surface area contributed by atoms with Gasteiger partial charge in [-0.3, -0.25) is 9.78 Å². The summed E-state index contributed by atoms with van der Waals surface area (Å²) >= 11 is 0. The van der Waals surface area contributed by atoms with E-state index in [2.05, 4.69) is 15.0 Å². The van der Waals surface area contributed by atoms with Crippen LogP contribution >= 0.6 is 0 Å². The molecule has 1 aromatic rings. The summed E-state index contributed by atoms with van der Waals surface area (Å²) in [5.41, 5.74) is 0. The van der Waals surface area contributed by atoms with Crippen LogP contribution in [0.5, 0.6) is 0 Å². The SMILES string of the molecule is CC[C@H](C)NC(=O)CCNS(=O)(=O)c1cccnc1. The van der Waals surface area contributed by atoms with Crippen LogP contribution in [-0.2, 0) is 14.8 Å². The van der Waals surface area contributed by atoms with Gasteiger partial charge in [-0.2, -0.15) is 0 Å². The van der Waals surface area contributed by atoms with E-state index in [1.54, 1.807) is 6.07 Å². The average molecular weight is 285 g/mol. The van der Waals surface area contributed by atoms with E-state index in [-0.39, 0.29) is 29.8 Å². The Morgan fingerprint density at radius 1 is 1.47 bits per heavy atom. The summed E-state index contributed by atoms with van der Waals surface area (Å²) in [5.74, 6) is -0.164. The van der Waals surface area contributed by atoms with E-state index >= 15 is 0 Å². The minimum Gasteiger partial charge on any atom is -0.354 e. The Labute approximate surface area is 113 Å². The van der Waals surface area contributed by atoms with Gasteiger partial charge in [-0.15, -0.1) is 0 Å². The number of nitrogens with zero attached hydrogens (tertiary/aromatic N) is 1. The highest BCUT2D eigenvalue weighted by Crippen LogP contribution is 2.04. The van der Waals surface area contributed by atoms with Gasteiger partial charge in [-0.1, -0.05) is 6.92 Å². The number of rotatable bonds is 7. The number of carbonyl (C=O) groups excluding carboxylic acids is 1. The second-order valence-electron chi connectivity index (χ2n) is 4.21. The predicted molar refractivity (Wildman–Crippen MR) is 71.9 cm³/mol. The van der Waals surface area contributed by atoms with Crippen LogP contribution in [0.3, 0.4) is 0 Å². The molecule has 0 aliphatic carbocycles. The van der Waals surface area contributed by atoms with Crippen molar-refractivity contribution in [1.29, 1.82) is 0 Å². The Hall–Kier alpha value is -1.47. The summed E-state index contributed by atoms with van der Waals surface area (Å²) in [5, 5.41) is 2.77. The first-order chi connectivity index (χ1) is 8.95. The van der Waals surface area contributed by atoms with E-state index in [0.717, 1.165) is 6.42 Å². The maximum Gasteiger partial charge on any atom is 0.242 e. The molecule has 0 bridgehead atoms. The van der Waals surface area contributed by atoms with Crippen molar-refractivity contribution in [2.24, 2.45) is 0 Å². The van der Waals surface area contributed by atoms with Gasteiger partial charge in [0.1, 0.15) is 4.90 Å². The number of aromatic nitrogens is 1. The quantitative estimate of drug-likeness (QED) is 0.770. The number of amides is 1. The van der Waals surface area contributed by atoms with Gasteiger partial charge in [0.15, 0.2) is 0 Å². The third-order valence-electron chi connectivity index (χ3n) is 2.61. The van der Waals surface area contributed by atoms with E-state index < -0.39 is 10.0 Å². The molecular weight excluding hydrogens is 266 g/mol. The lowest BCUT2D eigenvalue weighted by Gasteiger charge is -2.11. The second kappa shape index (κ2) is 7.20. The van der Waals surface area contributed by atoms with E-state index in [4.69, 9.17) is 0 Å². The van der Waals surface area contributed by atoms with Crippen LogP contribution in [0.25, 0.3) is 0 Å². The highest BCUT2D eigenvalue weighted by molar-refractivity contribution is 7.89. The van der Waals surface area contributed by atoms with Crippen molar-refractivity contribution in [3.05, 3.63) is 24.5 Å². The molecule has 0 aliphatic heterocycles. The van der Waals surface area contributed by atoms with Crippen LogP contribution < -0.4 is 10.0 Å². The molecule has 2 N–H and O–H groups in total. The molecule has 0 aromatic carbocycles. The zero-order valence-corrected chi connectivity index (χ0v) is 11.9. The molecule has 1 rings (SSSR count). The fourth-order valence-corrected chi connectivity index (χ4v) is 2.33. The summed E-state index contributed by atoms with van der Waals surface area (Å²) in [7, 11) is -3.58. The van der Waals surface area contributed by atoms with Crippen molar-refractivity contribution < 1.29 is 13.2 Å². The van der Waals surface area contributed by atoms with Crippen molar-refractivity contribution in [2.45, 2.75) is 37.6 Å². The highest BCUT2D eigenvalue weighted by Gasteiger charge is 2.14. The Kier molecular flexibility index (Phi) is 5.91. The van der Waals surface area contributed by atoms with E-state index in [1.807, 2.05) is 13.8 Å².